The second-order valence-electron chi connectivity index (χ2n) is 5.02. The van der Waals surface area contributed by atoms with Gasteiger partial charge in [-0.15, -0.1) is 0 Å². The van der Waals surface area contributed by atoms with Crippen LogP contribution in [0.25, 0.3) is 0 Å². The molecule has 0 radical (unpaired) electrons. The highest BCUT2D eigenvalue weighted by atomic mass is 15.0. The van der Waals surface area contributed by atoms with Gasteiger partial charge in [-0.05, 0) is 39.5 Å². The molecule has 0 unspecified atom stereocenters. The van der Waals surface area contributed by atoms with Crippen LogP contribution in [-0.4, -0.2) is 16.5 Å². The van der Waals surface area contributed by atoms with E-state index < -0.39 is 0 Å². The van der Waals surface area contributed by atoms with E-state index >= 15 is 0 Å². The lowest BCUT2D eigenvalue weighted by molar-refractivity contribution is 0.858. The minimum Gasteiger partial charge on any atom is -0.370 e. The summed E-state index contributed by atoms with van der Waals surface area (Å²) in [5.74, 6) is 3.53. The molecular formula is C13H19N3. The Morgan fingerprint density at radius 2 is 1.81 bits per heavy atom. The number of rotatable bonds is 4. The van der Waals surface area contributed by atoms with Gasteiger partial charge in [-0.3, -0.25) is 0 Å². The Hall–Kier alpha value is -1.12. The summed E-state index contributed by atoms with van der Waals surface area (Å²) in [6.45, 7) is 5.21. The Morgan fingerprint density at radius 1 is 1.12 bits per heavy atom. The van der Waals surface area contributed by atoms with E-state index in [1.165, 1.54) is 36.9 Å². The van der Waals surface area contributed by atoms with Gasteiger partial charge < -0.3 is 5.32 Å². The highest BCUT2D eigenvalue weighted by molar-refractivity contribution is 5.48. The van der Waals surface area contributed by atoms with E-state index in [9.17, 15) is 0 Å². The predicted octanol–water partition coefficient (Wildman–Crippen LogP) is 2.97. The molecule has 16 heavy (non-hydrogen) atoms. The first kappa shape index (κ1) is 10.1. The highest BCUT2D eigenvalue weighted by Crippen LogP contribution is 2.44. The molecule has 2 fully saturated rings. The number of hydrogen-bond acceptors (Lipinski definition) is 3. The molecule has 1 aromatic heterocycles. The predicted molar refractivity (Wildman–Crippen MR) is 64.9 cm³/mol. The van der Waals surface area contributed by atoms with Gasteiger partial charge in [0.2, 0.25) is 0 Å². The minimum absolute atomic E-state index is 0.649. The molecule has 2 saturated carbocycles. The molecule has 0 aromatic carbocycles. The second-order valence-corrected chi connectivity index (χ2v) is 5.02. The zero-order valence-corrected chi connectivity index (χ0v) is 10.1. The molecule has 0 saturated heterocycles. The van der Waals surface area contributed by atoms with E-state index in [4.69, 9.17) is 4.98 Å². The van der Waals surface area contributed by atoms with Crippen molar-refractivity contribution in [3.05, 3.63) is 17.1 Å². The molecule has 1 N–H and O–H groups in total. The Bertz CT molecular complexity index is 406. The van der Waals surface area contributed by atoms with Crippen LogP contribution in [0.1, 0.15) is 61.5 Å². The summed E-state index contributed by atoms with van der Waals surface area (Å²) >= 11 is 0. The van der Waals surface area contributed by atoms with E-state index in [2.05, 4.69) is 24.1 Å². The van der Waals surface area contributed by atoms with Crippen LogP contribution in [0.3, 0.4) is 0 Å². The topological polar surface area (TPSA) is 37.8 Å². The van der Waals surface area contributed by atoms with Crippen molar-refractivity contribution in [3.63, 3.8) is 0 Å². The first-order valence-corrected chi connectivity index (χ1v) is 6.42. The standard InChI is InChI=1S/C13H19N3/c1-3-14-12-8(2)11(9-4-5-9)15-13(16-12)10-6-7-10/h9-10H,3-7H2,1-2H3,(H,14,15,16). The molecule has 86 valence electrons. The molecular weight excluding hydrogens is 198 g/mol. The van der Waals surface area contributed by atoms with Crippen molar-refractivity contribution in [3.8, 4) is 0 Å². The van der Waals surface area contributed by atoms with Gasteiger partial charge in [0.1, 0.15) is 11.6 Å². The average Bonchev–Trinajstić information content (AvgIpc) is 3.15. The van der Waals surface area contributed by atoms with E-state index in [0.717, 1.165) is 24.1 Å². The minimum atomic E-state index is 0.649. The van der Waals surface area contributed by atoms with Crippen LogP contribution < -0.4 is 5.32 Å². The fourth-order valence-electron chi connectivity index (χ4n) is 2.17. The fraction of sp³-hybridized carbons (Fsp3) is 0.692. The summed E-state index contributed by atoms with van der Waals surface area (Å²) in [5.41, 5.74) is 2.58. The maximum atomic E-state index is 4.79. The van der Waals surface area contributed by atoms with Crippen LogP contribution >= 0.6 is 0 Å². The zero-order chi connectivity index (χ0) is 11.1. The first-order chi connectivity index (χ1) is 7.79. The molecule has 3 heteroatoms. The third-order valence-electron chi connectivity index (χ3n) is 3.45. The molecule has 0 amide bonds. The third-order valence-corrected chi connectivity index (χ3v) is 3.45. The molecule has 3 rings (SSSR count). The largest absolute Gasteiger partial charge is 0.370 e. The van der Waals surface area contributed by atoms with Crippen molar-refractivity contribution in [1.29, 1.82) is 0 Å². The van der Waals surface area contributed by atoms with Crippen molar-refractivity contribution in [1.82, 2.24) is 9.97 Å². The maximum Gasteiger partial charge on any atom is 0.134 e. The molecule has 3 nitrogen and oxygen atoms in total. The van der Waals surface area contributed by atoms with Crippen molar-refractivity contribution in [2.24, 2.45) is 0 Å². The zero-order valence-electron chi connectivity index (χ0n) is 10.1. The molecule has 0 aliphatic heterocycles. The molecule has 2 aliphatic rings. The third kappa shape index (κ3) is 1.79. The fourth-order valence-corrected chi connectivity index (χ4v) is 2.17. The molecule has 2 aliphatic carbocycles. The SMILES string of the molecule is CCNc1nc(C2CC2)nc(C2CC2)c1C. The Morgan fingerprint density at radius 3 is 2.38 bits per heavy atom. The summed E-state index contributed by atoms with van der Waals surface area (Å²) in [6, 6.07) is 0. The van der Waals surface area contributed by atoms with Gasteiger partial charge in [-0.1, -0.05) is 0 Å². The number of aromatic nitrogens is 2. The van der Waals surface area contributed by atoms with Crippen LogP contribution in [-0.2, 0) is 0 Å². The number of hydrogen-bond donors (Lipinski definition) is 1. The Balaban J connectivity index is 2.00. The van der Waals surface area contributed by atoms with Crippen LogP contribution in [0.5, 0.6) is 0 Å². The van der Waals surface area contributed by atoms with E-state index in [0.29, 0.717) is 5.92 Å². The summed E-state index contributed by atoms with van der Waals surface area (Å²) in [6.07, 6.45) is 5.18. The van der Waals surface area contributed by atoms with Crippen LogP contribution in [0.2, 0.25) is 0 Å². The van der Waals surface area contributed by atoms with Gasteiger partial charge in [-0.2, -0.15) is 0 Å². The first-order valence-electron chi connectivity index (χ1n) is 6.42. The van der Waals surface area contributed by atoms with Crippen LogP contribution in [0, 0.1) is 6.92 Å². The molecule has 1 aromatic rings. The second kappa shape index (κ2) is 3.72. The molecule has 0 bridgehead atoms. The Labute approximate surface area is 96.7 Å². The van der Waals surface area contributed by atoms with Gasteiger partial charge in [0.05, 0.1) is 5.69 Å². The molecule has 0 atom stereocenters. The highest BCUT2D eigenvalue weighted by Gasteiger charge is 2.32. The summed E-state index contributed by atoms with van der Waals surface area (Å²) < 4.78 is 0. The maximum absolute atomic E-state index is 4.79. The lowest BCUT2D eigenvalue weighted by Gasteiger charge is -2.12. The summed E-state index contributed by atoms with van der Waals surface area (Å²) in [5, 5.41) is 3.37. The number of anilines is 1. The smallest absolute Gasteiger partial charge is 0.134 e. The van der Waals surface area contributed by atoms with Crippen LogP contribution in [0.4, 0.5) is 5.82 Å². The van der Waals surface area contributed by atoms with Gasteiger partial charge in [0.15, 0.2) is 0 Å². The molecule has 0 spiro atoms. The number of nitrogens with one attached hydrogen (secondary N) is 1. The lowest BCUT2D eigenvalue weighted by Crippen LogP contribution is -2.08. The van der Waals surface area contributed by atoms with E-state index in [1.54, 1.807) is 0 Å². The van der Waals surface area contributed by atoms with Crippen LogP contribution in [0.15, 0.2) is 0 Å². The normalized spacial score (nSPS) is 19.9. The van der Waals surface area contributed by atoms with Crippen molar-refractivity contribution < 1.29 is 0 Å². The quantitative estimate of drug-likeness (QED) is 0.842. The lowest BCUT2D eigenvalue weighted by atomic mass is 10.1. The van der Waals surface area contributed by atoms with Gasteiger partial charge in [-0.25, -0.2) is 9.97 Å². The monoisotopic (exact) mass is 217 g/mol. The summed E-state index contributed by atoms with van der Waals surface area (Å²) in [7, 11) is 0. The molecule has 1 heterocycles. The van der Waals surface area contributed by atoms with Crippen molar-refractivity contribution in [2.75, 3.05) is 11.9 Å². The Kier molecular flexibility index (Phi) is 2.34. The van der Waals surface area contributed by atoms with Gasteiger partial charge >= 0.3 is 0 Å². The van der Waals surface area contributed by atoms with Gasteiger partial charge in [0.25, 0.3) is 0 Å². The van der Waals surface area contributed by atoms with Gasteiger partial charge in [0, 0.05) is 23.9 Å². The van der Waals surface area contributed by atoms with Crippen molar-refractivity contribution >= 4 is 5.82 Å². The van der Waals surface area contributed by atoms with E-state index in [-0.39, 0.29) is 0 Å². The average molecular weight is 217 g/mol. The number of nitrogens with zero attached hydrogens (tertiary/aromatic N) is 2. The summed E-state index contributed by atoms with van der Waals surface area (Å²) in [4.78, 5) is 9.46. The van der Waals surface area contributed by atoms with Crippen molar-refractivity contribution in [2.45, 2.75) is 51.4 Å². The van der Waals surface area contributed by atoms with E-state index in [1.807, 2.05) is 0 Å².